The Hall–Kier alpha value is -7.16. The molecular weight excluding hydrogens is 821 g/mol. The van der Waals surface area contributed by atoms with Crippen molar-refractivity contribution < 1.29 is 0 Å². The van der Waals surface area contributed by atoms with Crippen LogP contribution in [-0.4, -0.2) is 0 Å². The number of fused-ring (bicyclic) bond motifs is 6. The molecule has 330 valence electrons. The van der Waals surface area contributed by atoms with Crippen molar-refractivity contribution in [3.05, 3.63) is 216 Å². The van der Waals surface area contributed by atoms with E-state index in [1.807, 2.05) is 0 Å². The van der Waals surface area contributed by atoms with Crippen molar-refractivity contribution >= 4 is 66.4 Å². The second kappa shape index (κ2) is 14.4. The number of hydrogen-bond acceptors (Lipinski definition) is 2. The number of anilines is 6. The van der Waals surface area contributed by atoms with Gasteiger partial charge in [0.05, 0.1) is 17.1 Å². The molecule has 10 aromatic rings. The highest BCUT2D eigenvalue weighted by atomic mass is 15.2. The highest BCUT2D eigenvalue weighted by molar-refractivity contribution is 6.28. The Morgan fingerprint density at radius 1 is 0.382 bits per heavy atom. The molecule has 68 heavy (non-hydrogen) atoms. The molecule has 1 spiro atoms. The van der Waals surface area contributed by atoms with E-state index in [2.05, 4.69) is 218 Å². The molecule has 0 heterocycles. The molecule has 0 aliphatic heterocycles. The van der Waals surface area contributed by atoms with E-state index in [1.54, 1.807) is 11.1 Å². The van der Waals surface area contributed by atoms with Gasteiger partial charge in [0.2, 0.25) is 0 Å². The Morgan fingerprint density at radius 2 is 0.897 bits per heavy atom. The molecule has 0 N–H and O–H groups in total. The van der Waals surface area contributed by atoms with Gasteiger partial charge in [-0.15, -0.1) is 0 Å². The zero-order chi connectivity index (χ0) is 44.2. The summed E-state index contributed by atoms with van der Waals surface area (Å²) in [7, 11) is 0. The third-order valence-corrected chi connectivity index (χ3v) is 17.8. The SMILES string of the molecule is C.CC1(C)c2ccccc2-c2ccc(N(c3ccccc3)c3ccc4ccc5c(N(c6ccccc6)c6cccc7c6-c6ccccc6C76C7CC8CC(C7)CC6C8)ccc6ccc3c4c65)cc21. The van der Waals surface area contributed by atoms with Gasteiger partial charge >= 0.3 is 0 Å². The predicted molar refractivity (Wildman–Crippen MR) is 287 cm³/mol. The van der Waals surface area contributed by atoms with Crippen LogP contribution in [0.4, 0.5) is 34.1 Å². The first-order valence-electron chi connectivity index (χ1n) is 24.9. The molecule has 10 aromatic carbocycles. The molecule has 0 atom stereocenters. The van der Waals surface area contributed by atoms with E-state index in [0.29, 0.717) is 11.8 Å². The molecule has 4 bridgehead atoms. The normalized spacial score (nSPS) is 22.0. The van der Waals surface area contributed by atoms with Crippen molar-refractivity contribution in [1.29, 1.82) is 0 Å². The van der Waals surface area contributed by atoms with Gasteiger partial charge in [0.1, 0.15) is 0 Å². The smallest absolute Gasteiger partial charge is 0.0543 e. The summed E-state index contributed by atoms with van der Waals surface area (Å²) in [4.78, 5) is 5.10. The van der Waals surface area contributed by atoms with Crippen LogP contribution in [0.1, 0.15) is 75.6 Å². The standard InChI is InChI=1S/C65H52N2.CH4/c1-64(2)54-20-11-9-18-49(54)50-31-28-48(39-57(50)64)66(46-14-5-3-6-15-46)58-32-26-42-25-30-53-59(33-27-43-24-29-52(58)61(42)62(43)53)67(47-16-7-4-8-17-47)60-23-13-22-56-63(60)51-19-10-12-21-55(51)65(56)44-35-40-34-41(37-44)38-45(65)36-40;/h3-33,39-41,44-45H,34-38H2,1-2H3;1H4. The van der Waals surface area contributed by atoms with E-state index in [1.165, 1.54) is 126 Å². The van der Waals surface area contributed by atoms with Crippen molar-refractivity contribution in [2.75, 3.05) is 9.80 Å². The molecule has 4 fully saturated rings. The highest BCUT2D eigenvalue weighted by Gasteiger charge is 2.62. The number of hydrogen-bond donors (Lipinski definition) is 0. The van der Waals surface area contributed by atoms with E-state index in [0.717, 1.165) is 17.5 Å². The topological polar surface area (TPSA) is 6.48 Å². The van der Waals surface area contributed by atoms with Crippen LogP contribution in [0.15, 0.2) is 194 Å². The number of para-hydroxylation sites is 2. The molecule has 0 amide bonds. The van der Waals surface area contributed by atoms with Gasteiger partial charge in [-0.05, 0) is 171 Å². The first kappa shape index (κ1) is 40.0. The van der Waals surface area contributed by atoms with Crippen LogP contribution in [0, 0.1) is 23.7 Å². The molecule has 0 radical (unpaired) electrons. The Kier molecular flexibility index (Phi) is 8.48. The van der Waals surface area contributed by atoms with E-state index in [4.69, 9.17) is 0 Å². The summed E-state index contributed by atoms with van der Waals surface area (Å²) in [5.74, 6) is 3.24. The largest absolute Gasteiger partial charge is 0.310 e. The van der Waals surface area contributed by atoms with Crippen LogP contribution in [0.25, 0.3) is 54.6 Å². The Balaban J connectivity index is 0.00000437. The van der Waals surface area contributed by atoms with E-state index < -0.39 is 0 Å². The van der Waals surface area contributed by atoms with Gasteiger partial charge in [-0.1, -0.05) is 161 Å². The van der Waals surface area contributed by atoms with Crippen molar-refractivity contribution in [3.8, 4) is 22.3 Å². The lowest BCUT2D eigenvalue weighted by Crippen LogP contribution is -2.55. The molecule has 6 aliphatic rings. The van der Waals surface area contributed by atoms with Crippen LogP contribution in [0.2, 0.25) is 0 Å². The fourth-order valence-corrected chi connectivity index (χ4v) is 15.3. The monoisotopic (exact) mass is 876 g/mol. The quantitative estimate of drug-likeness (QED) is 0.154. The van der Waals surface area contributed by atoms with Crippen molar-refractivity contribution in [3.63, 3.8) is 0 Å². The number of benzene rings is 10. The summed E-state index contributed by atoms with van der Waals surface area (Å²) in [6.07, 6.45) is 6.98. The summed E-state index contributed by atoms with van der Waals surface area (Å²) in [6.45, 7) is 4.76. The molecular formula is C66H56N2. The fraction of sp³-hybridized carbons (Fsp3) is 0.212. The molecule has 0 unspecified atom stereocenters. The fourth-order valence-electron chi connectivity index (χ4n) is 15.3. The van der Waals surface area contributed by atoms with Gasteiger partial charge in [0, 0.05) is 44.2 Å². The average molecular weight is 877 g/mol. The van der Waals surface area contributed by atoms with Crippen LogP contribution < -0.4 is 9.80 Å². The summed E-state index contributed by atoms with van der Waals surface area (Å²) in [6, 6.07) is 74.2. The highest BCUT2D eigenvalue weighted by Crippen LogP contribution is 2.70. The Labute approximate surface area is 400 Å². The Morgan fingerprint density at radius 3 is 1.54 bits per heavy atom. The molecule has 0 aromatic heterocycles. The molecule has 2 heteroatoms. The maximum Gasteiger partial charge on any atom is 0.0543 e. The Bertz CT molecular complexity index is 3610. The second-order valence-corrected chi connectivity index (χ2v) is 21.3. The average Bonchev–Trinajstić information content (AvgIpc) is 3.79. The van der Waals surface area contributed by atoms with Gasteiger partial charge in [-0.3, -0.25) is 0 Å². The van der Waals surface area contributed by atoms with Crippen LogP contribution in [0.3, 0.4) is 0 Å². The van der Waals surface area contributed by atoms with Gasteiger partial charge in [0.25, 0.3) is 0 Å². The second-order valence-electron chi connectivity index (χ2n) is 21.3. The zero-order valence-electron chi connectivity index (χ0n) is 38.2. The first-order chi connectivity index (χ1) is 33.0. The molecule has 2 nitrogen and oxygen atoms in total. The summed E-state index contributed by atoms with van der Waals surface area (Å²) in [5, 5.41) is 7.68. The third-order valence-electron chi connectivity index (χ3n) is 17.8. The minimum Gasteiger partial charge on any atom is -0.310 e. The number of nitrogens with zero attached hydrogens (tertiary/aromatic N) is 2. The summed E-state index contributed by atoms with van der Waals surface area (Å²) in [5.41, 5.74) is 18.7. The summed E-state index contributed by atoms with van der Waals surface area (Å²) < 4.78 is 0. The predicted octanol–water partition coefficient (Wildman–Crippen LogP) is 18.2. The van der Waals surface area contributed by atoms with Crippen molar-refractivity contribution in [2.45, 2.75) is 64.2 Å². The number of rotatable bonds is 6. The van der Waals surface area contributed by atoms with Crippen LogP contribution >= 0.6 is 0 Å². The third kappa shape index (κ3) is 5.24. The van der Waals surface area contributed by atoms with Crippen molar-refractivity contribution in [2.24, 2.45) is 23.7 Å². The van der Waals surface area contributed by atoms with Gasteiger partial charge in [-0.2, -0.15) is 0 Å². The zero-order valence-corrected chi connectivity index (χ0v) is 38.2. The van der Waals surface area contributed by atoms with Gasteiger partial charge in [-0.25, -0.2) is 0 Å². The maximum absolute atomic E-state index is 2.61. The first-order valence-corrected chi connectivity index (χ1v) is 24.9. The molecule has 4 saturated carbocycles. The van der Waals surface area contributed by atoms with Gasteiger partial charge < -0.3 is 9.80 Å². The van der Waals surface area contributed by atoms with Crippen molar-refractivity contribution in [1.82, 2.24) is 0 Å². The maximum atomic E-state index is 2.61. The van der Waals surface area contributed by atoms with E-state index >= 15 is 0 Å². The van der Waals surface area contributed by atoms with E-state index in [9.17, 15) is 0 Å². The van der Waals surface area contributed by atoms with Crippen LogP contribution in [0.5, 0.6) is 0 Å². The lowest BCUT2D eigenvalue weighted by atomic mass is 9.43. The molecule has 6 aliphatic carbocycles. The van der Waals surface area contributed by atoms with Gasteiger partial charge in [0.15, 0.2) is 0 Å². The lowest BCUT2D eigenvalue weighted by molar-refractivity contribution is -0.0399. The minimum atomic E-state index is -0.106. The lowest BCUT2D eigenvalue weighted by Gasteiger charge is -2.61. The minimum absolute atomic E-state index is 0. The summed E-state index contributed by atoms with van der Waals surface area (Å²) >= 11 is 0. The van der Waals surface area contributed by atoms with E-state index in [-0.39, 0.29) is 18.3 Å². The molecule has 0 saturated heterocycles. The van der Waals surface area contributed by atoms with Crippen LogP contribution in [-0.2, 0) is 10.8 Å². The molecule has 16 rings (SSSR count).